The Balaban J connectivity index is 1.77. The van der Waals surface area contributed by atoms with E-state index in [9.17, 15) is 13.2 Å². The lowest BCUT2D eigenvalue weighted by atomic mass is 10.1. The predicted molar refractivity (Wildman–Crippen MR) is 134 cm³/mol. The third-order valence-electron chi connectivity index (χ3n) is 5.71. The van der Waals surface area contributed by atoms with E-state index in [1.165, 1.54) is 18.3 Å². The Bertz CT molecular complexity index is 1430. The van der Waals surface area contributed by atoms with Gasteiger partial charge in [-0.25, -0.2) is 32.6 Å². The molecule has 1 unspecified atom stereocenters. The number of nitrogens with one attached hydrogen (secondary N) is 4. The van der Waals surface area contributed by atoms with Crippen LogP contribution in [0.3, 0.4) is 0 Å². The minimum atomic E-state index is -3.76. The maximum atomic E-state index is 15.5. The number of sulfonamides is 1. The average Bonchev–Trinajstić information content (AvgIpc) is 3.36. The monoisotopic (exact) mass is 537 g/mol. The van der Waals surface area contributed by atoms with Gasteiger partial charge in [-0.2, -0.15) is 0 Å². The molecule has 0 saturated heterocycles. The molecule has 1 amide bonds. The van der Waals surface area contributed by atoms with Gasteiger partial charge in [0.05, 0.1) is 23.3 Å². The zero-order valence-corrected chi connectivity index (χ0v) is 21.3. The molecule has 1 saturated carbocycles. The lowest BCUT2D eigenvalue weighted by Crippen LogP contribution is -2.36. The number of aromatic nitrogens is 4. The molecule has 3 aromatic rings. The summed E-state index contributed by atoms with van der Waals surface area (Å²) in [6.07, 6.45) is 3.10. The minimum Gasteiger partial charge on any atom is -0.465 e. The largest absolute Gasteiger partial charge is 0.465 e. The molecule has 4 rings (SSSR count). The van der Waals surface area contributed by atoms with Gasteiger partial charge in [-0.05, 0) is 38.0 Å². The van der Waals surface area contributed by atoms with Crippen LogP contribution >= 0.6 is 11.6 Å². The number of halogens is 2. The Morgan fingerprint density at radius 3 is 2.69 bits per heavy atom. The second-order valence-corrected chi connectivity index (χ2v) is 11.2. The lowest BCUT2D eigenvalue weighted by molar-refractivity contribution is 0.191. The molecule has 36 heavy (non-hydrogen) atoms. The highest BCUT2D eigenvalue weighted by Crippen LogP contribution is 2.48. The van der Waals surface area contributed by atoms with Gasteiger partial charge >= 0.3 is 6.09 Å². The zero-order chi connectivity index (χ0) is 26.3. The highest BCUT2D eigenvalue weighted by molar-refractivity contribution is 7.92. The molecule has 2 aromatic heterocycles. The van der Waals surface area contributed by atoms with Crippen molar-refractivity contribution in [1.82, 2.24) is 25.3 Å². The first kappa shape index (κ1) is 25.6. The van der Waals surface area contributed by atoms with Crippen molar-refractivity contribution in [3.8, 4) is 22.6 Å². The molecule has 11 nitrogen and oxygen atoms in total. The predicted octanol–water partition coefficient (Wildman–Crippen LogP) is 3.82. The smallest absolute Gasteiger partial charge is 0.404 e. The van der Waals surface area contributed by atoms with Gasteiger partial charge < -0.3 is 20.7 Å². The van der Waals surface area contributed by atoms with Crippen molar-refractivity contribution in [2.75, 3.05) is 22.8 Å². The molecule has 192 valence electrons. The van der Waals surface area contributed by atoms with E-state index < -0.39 is 28.0 Å². The number of carboxylic acid groups (broad SMARTS) is 1. The summed E-state index contributed by atoms with van der Waals surface area (Å²) >= 11 is 6.22. The number of anilines is 2. The van der Waals surface area contributed by atoms with Crippen molar-refractivity contribution in [3.05, 3.63) is 41.1 Å². The van der Waals surface area contributed by atoms with Crippen LogP contribution in [-0.4, -0.2) is 58.4 Å². The molecule has 1 atom stereocenters. The first-order valence-electron chi connectivity index (χ1n) is 11.0. The van der Waals surface area contributed by atoms with E-state index in [0.717, 1.165) is 19.1 Å². The Hall–Kier alpha value is -3.45. The van der Waals surface area contributed by atoms with Crippen LogP contribution in [-0.2, 0) is 15.4 Å². The third-order valence-corrected chi connectivity index (χ3v) is 6.52. The molecular weight excluding hydrogens is 513 g/mol. The Kier molecular flexibility index (Phi) is 6.80. The summed E-state index contributed by atoms with van der Waals surface area (Å²) in [6, 6.07) is 3.79. The van der Waals surface area contributed by atoms with Gasteiger partial charge in [0.25, 0.3) is 0 Å². The van der Waals surface area contributed by atoms with E-state index in [4.69, 9.17) is 16.7 Å². The van der Waals surface area contributed by atoms with Crippen LogP contribution in [0.2, 0.25) is 5.02 Å². The summed E-state index contributed by atoms with van der Waals surface area (Å²) in [5.74, 6) is 0.0558. The normalized spacial score (nSPS) is 15.2. The van der Waals surface area contributed by atoms with Gasteiger partial charge in [-0.3, -0.25) is 4.72 Å². The fourth-order valence-electron chi connectivity index (χ4n) is 3.59. The maximum absolute atomic E-state index is 15.5. The first-order valence-corrected chi connectivity index (χ1v) is 13.3. The molecule has 1 aliphatic carbocycles. The average molecular weight is 538 g/mol. The second-order valence-electron chi connectivity index (χ2n) is 9.06. The van der Waals surface area contributed by atoms with Gasteiger partial charge in [0.2, 0.25) is 16.0 Å². The Morgan fingerprint density at radius 1 is 1.33 bits per heavy atom. The number of benzene rings is 1. The van der Waals surface area contributed by atoms with Crippen LogP contribution in [0.5, 0.6) is 0 Å². The van der Waals surface area contributed by atoms with Crippen molar-refractivity contribution in [1.29, 1.82) is 0 Å². The summed E-state index contributed by atoms with van der Waals surface area (Å²) in [5.41, 5.74) is 0.552. The summed E-state index contributed by atoms with van der Waals surface area (Å²) in [6.45, 7) is 3.96. The molecule has 1 aliphatic rings. The van der Waals surface area contributed by atoms with Crippen LogP contribution in [0.1, 0.15) is 32.5 Å². The van der Waals surface area contributed by atoms with Gasteiger partial charge in [0, 0.05) is 34.8 Å². The van der Waals surface area contributed by atoms with Gasteiger partial charge in [0.1, 0.15) is 11.5 Å². The summed E-state index contributed by atoms with van der Waals surface area (Å²) in [7, 11) is -3.76. The van der Waals surface area contributed by atoms with Crippen molar-refractivity contribution < 1.29 is 22.7 Å². The topological polar surface area (TPSA) is 162 Å². The summed E-state index contributed by atoms with van der Waals surface area (Å²) < 4.78 is 41.2. The molecule has 1 aromatic carbocycles. The minimum absolute atomic E-state index is 0.00259. The number of carbonyl (C=O) groups is 1. The molecule has 2 heterocycles. The fraction of sp³-hybridized carbons (Fsp3) is 0.364. The number of nitrogens with zero attached hydrogens (tertiary/aromatic N) is 3. The number of aromatic amines is 1. The van der Waals surface area contributed by atoms with E-state index in [0.29, 0.717) is 17.2 Å². The van der Waals surface area contributed by atoms with E-state index in [1.54, 1.807) is 13.0 Å². The molecule has 0 spiro atoms. The number of amides is 1. The summed E-state index contributed by atoms with van der Waals surface area (Å²) in [4.78, 5) is 27.4. The number of H-pyrrole nitrogens is 1. The molecule has 0 radical (unpaired) electrons. The second kappa shape index (κ2) is 9.54. The quantitative estimate of drug-likeness (QED) is 0.275. The first-order chi connectivity index (χ1) is 16.8. The Morgan fingerprint density at radius 2 is 2.06 bits per heavy atom. The number of hydrogen-bond acceptors (Lipinski definition) is 7. The van der Waals surface area contributed by atoms with Crippen molar-refractivity contribution in [3.63, 3.8) is 0 Å². The van der Waals surface area contributed by atoms with Crippen LogP contribution in [0, 0.1) is 5.82 Å². The highest BCUT2D eigenvalue weighted by atomic mass is 35.5. The fourth-order valence-corrected chi connectivity index (χ4v) is 4.35. The van der Waals surface area contributed by atoms with Crippen molar-refractivity contribution >= 4 is 39.4 Å². The van der Waals surface area contributed by atoms with E-state index in [-0.39, 0.29) is 39.9 Å². The van der Waals surface area contributed by atoms with Crippen LogP contribution in [0.25, 0.3) is 22.6 Å². The van der Waals surface area contributed by atoms with Crippen molar-refractivity contribution in [2.24, 2.45) is 0 Å². The molecule has 0 aliphatic heterocycles. The number of rotatable bonds is 9. The van der Waals surface area contributed by atoms with E-state index in [2.05, 4.69) is 35.3 Å². The SMILES string of the molecule is CC(CNc1nccc(-c2[nH]c(C3(C)CC3)nc2-c2cc(Cl)cc(NS(C)(=O)=O)c2F)n1)NC(=O)O. The molecular formula is C22H25ClFN7O4S. The number of hydrogen-bond donors (Lipinski definition) is 5. The molecule has 14 heteroatoms. The van der Waals surface area contributed by atoms with Gasteiger partial charge in [-0.1, -0.05) is 18.5 Å². The van der Waals surface area contributed by atoms with Gasteiger partial charge in [-0.15, -0.1) is 0 Å². The van der Waals surface area contributed by atoms with Crippen molar-refractivity contribution in [2.45, 2.75) is 38.1 Å². The maximum Gasteiger partial charge on any atom is 0.404 e. The summed E-state index contributed by atoms with van der Waals surface area (Å²) in [5, 5.41) is 14.3. The highest BCUT2D eigenvalue weighted by Gasteiger charge is 2.43. The van der Waals surface area contributed by atoms with Crippen LogP contribution in [0.4, 0.5) is 20.8 Å². The van der Waals surface area contributed by atoms with Crippen LogP contribution < -0.4 is 15.4 Å². The van der Waals surface area contributed by atoms with E-state index in [1.807, 2.05) is 6.92 Å². The lowest BCUT2D eigenvalue weighted by Gasteiger charge is -2.13. The van der Waals surface area contributed by atoms with E-state index >= 15 is 4.39 Å². The Labute approximate surface area is 212 Å². The molecule has 0 bridgehead atoms. The standard InChI is InChI=1S/C22H25ClFN7O4S/c1-11(27-21(32)33)10-26-20-25-7-4-14(28-20)18-17(29-19(30-18)22(2)5-6-22)13-8-12(23)9-15(16(13)24)31-36(3,34)35/h4,7-9,11,27,31H,5-6,10H2,1-3H3,(H,29,30)(H,32,33)(H,25,26,28). The number of imidazole rings is 1. The third kappa shape index (κ3) is 5.85. The van der Waals surface area contributed by atoms with Gasteiger partial charge in [0.15, 0.2) is 5.82 Å². The molecule has 5 N–H and O–H groups in total. The zero-order valence-electron chi connectivity index (χ0n) is 19.7. The van der Waals surface area contributed by atoms with Crippen LogP contribution in [0.15, 0.2) is 24.4 Å². The molecule has 1 fully saturated rings.